The average molecular weight is 310 g/mol. The molecular formula is C12H17F3N2O2S. The van der Waals surface area contributed by atoms with E-state index in [2.05, 4.69) is 0 Å². The zero-order valence-corrected chi connectivity index (χ0v) is 12.1. The van der Waals surface area contributed by atoms with Gasteiger partial charge in [-0.15, -0.1) is 0 Å². The molecule has 0 heterocycles. The van der Waals surface area contributed by atoms with Gasteiger partial charge in [0.25, 0.3) is 0 Å². The highest BCUT2D eigenvalue weighted by Gasteiger charge is 2.34. The van der Waals surface area contributed by atoms with E-state index in [1.807, 2.05) is 0 Å². The van der Waals surface area contributed by atoms with Gasteiger partial charge in [-0.3, -0.25) is 0 Å². The van der Waals surface area contributed by atoms with Gasteiger partial charge in [-0.25, -0.2) is 8.42 Å². The molecule has 0 aliphatic carbocycles. The monoisotopic (exact) mass is 310 g/mol. The van der Waals surface area contributed by atoms with Gasteiger partial charge in [-0.2, -0.15) is 13.2 Å². The van der Waals surface area contributed by atoms with Crippen LogP contribution in [0.2, 0.25) is 0 Å². The predicted molar refractivity (Wildman–Crippen MR) is 72.3 cm³/mol. The van der Waals surface area contributed by atoms with Crippen LogP contribution in [-0.4, -0.2) is 34.0 Å². The van der Waals surface area contributed by atoms with Crippen molar-refractivity contribution < 1.29 is 21.6 Å². The Morgan fingerprint density at radius 3 is 2.35 bits per heavy atom. The Morgan fingerprint density at radius 1 is 1.30 bits per heavy atom. The van der Waals surface area contributed by atoms with Gasteiger partial charge in [0.2, 0.25) is 0 Å². The molecule has 8 heteroatoms. The zero-order valence-electron chi connectivity index (χ0n) is 11.2. The van der Waals surface area contributed by atoms with Gasteiger partial charge in [-0.1, -0.05) is 6.07 Å². The summed E-state index contributed by atoms with van der Waals surface area (Å²) in [6, 6.07) is 3.81. The second kappa shape index (κ2) is 6.01. The fourth-order valence-corrected chi connectivity index (χ4v) is 2.30. The minimum absolute atomic E-state index is 0.0100. The second-order valence-electron chi connectivity index (χ2n) is 4.60. The summed E-state index contributed by atoms with van der Waals surface area (Å²) in [5.41, 5.74) is 4.85. The van der Waals surface area contributed by atoms with Crippen LogP contribution in [0.15, 0.2) is 18.2 Å². The summed E-state index contributed by atoms with van der Waals surface area (Å²) in [6.45, 7) is 0.000296. The van der Waals surface area contributed by atoms with E-state index in [-0.39, 0.29) is 24.5 Å². The molecule has 0 radical (unpaired) electrons. The molecule has 114 valence electrons. The summed E-state index contributed by atoms with van der Waals surface area (Å²) in [4.78, 5) is 1.28. The van der Waals surface area contributed by atoms with Crippen molar-refractivity contribution in [2.75, 3.05) is 30.5 Å². The SMILES string of the molecule is CN(CCS(C)(=O)=O)c1ccc(CN)cc1C(F)(F)F. The van der Waals surface area contributed by atoms with Crippen molar-refractivity contribution in [1.82, 2.24) is 0 Å². The maximum absolute atomic E-state index is 13.0. The molecule has 2 N–H and O–H groups in total. The lowest BCUT2D eigenvalue weighted by Crippen LogP contribution is -2.27. The third kappa shape index (κ3) is 4.68. The zero-order chi connectivity index (χ0) is 15.6. The Bertz CT molecular complexity index is 571. The first-order valence-electron chi connectivity index (χ1n) is 5.83. The number of nitrogens with zero attached hydrogens (tertiary/aromatic N) is 1. The molecule has 20 heavy (non-hydrogen) atoms. The summed E-state index contributed by atoms with van der Waals surface area (Å²) in [5.74, 6) is -0.209. The molecule has 1 aromatic carbocycles. The standard InChI is InChI=1S/C12H17F3N2O2S/c1-17(5-6-20(2,18)19)11-4-3-9(8-16)7-10(11)12(13,14)15/h3-4,7H,5-6,8,16H2,1-2H3. The molecule has 0 saturated heterocycles. The van der Waals surface area contributed by atoms with Crippen LogP contribution >= 0.6 is 0 Å². The molecule has 0 bridgehead atoms. The Morgan fingerprint density at radius 2 is 1.90 bits per heavy atom. The molecule has 0 aliphatic rings. The summed E-state index contributed by atoms with van der Waals surface area (Å²) < 4.78 is 61.2. The number of anilines is 1. The molecule has 4 nitrogen and oxygen atoms in total. The van der Waals surface area contributed by atoms with E-state index in [9.17, 15) is 21.6 Å². The molecule has 0 saturated carbocycles. The fraction of sp³-hybridized carbons (Fsp3) is 0.500. The van der Waals surface area contributed by atoms with Crippen molar-refractivity contribution in [3.63, 3.8) is 0 Å². The van der Waals surface area contributed by atoms with Gasteiger partial charge in [0, 0.05) is 32.1 Å². The second-order valence-corrected chi connectivity index (χ2v) is 6.86. The number of rotatable bonds is 5. The predicted octanol–water partition coefficient (Wildman–Crippen LogP) is 1.64. The number of halogens is 3. The van der Waals surface area contributed by atoms with Gasteiger partial charge in [0.05, 0.1) is 11.3 Å². The van der Waals surface area contributed by atoms with Crippen LogP contribution in [0.25, 0.3) is 0 Å². The molecule has 0 atom stereocenters. The molecule has 0 spiro atoms. The van der Waals surface area contributed by atoms with Crippen LogP contribution in [0.3, 0.4) is 0 Å². The highest BCUT2D eigenvalue weighted by molar-refractivity contribution is 7.90. The van der Waals surface area contributed by atoms with E-state index in [0.717, 1.165) is 12.3 Å². The lowest BCUT2D eigenvalue weighted by molar-refractivity contribution is -0.137. The number of hydrogen-bond acceptors (Lipinski definition) is 4. The first kappa shape index (κ1) is 16.8. The minimum Gasteiger partial charge on any atom is -0.373 e. The molecule has 1 rings (SSSR count). The van der Waals surface area contributed by atoms with Crippen LogP contribution in [-0.2, 0) is 22.6 Å². The van der Waals surface area contributed by atoms with E-state index in [1.165, 1.54) is 24.1 Å². The van der Waals surface area contributed by atoms with E-state index < -0.39 is 21.6 Å². The molecule has 0 amide bonds. The quantitative estimate of drug-likeness (QED) is 0.898. The Balaban J connectivity index is 3.10. The average Bonchev–Trinajstić information content (AvgIpc) is 2.33. The minimum atomic E-state index is -4.51. The van der Waals surface area contributed by atoms with E-state index in [1.54, 1.807) is 0 Å². The Labute approximate surface area is 116 Å². The largest absolute Gasteiger partial charge is 0.418 e. The molecule has 0 unspecified atom stereocenters. The maximum Gasteiger partial charge on any atom is 0.418 e. The summed E-state index contributed by atoms with van der Waals surface area (Å²) in [5, 5.41) is 0. The third-order valence-corrected chi connectivity index (χ3v) is 3.73. The van der Waals surface area contributed by atoms with Crippen LogP contribution in [0.5, 0.6) is 0 Å². The van der Waals surface area contributed by atoms with Crippen molar-refractivity contribution in [3.8, 4) is 0 Å². The highest BCUT2D eigenvalue weighted by Crippen LogP contribution is 2.36. The normalized spacial score (nSPS) is 12.5. The van der Waals surface area contributed by atoms with E-state index in [0.29, 0.717) is 5.56 Å². The Kier molecular flexibility index (Phi) is 5.04. The van der Waals surface area contributed by atoms with Crippen LogP contribution in [0.4, 0.5) is 18.9 Å². The van der Waals surface area contributed by atoms with Crippen LogP contribution in [0, 0.1) is 0 Å². The number of alkyl halides is 3. The highest BCUT2D eigenvalue weighted by atomic mass is 32.2. The van der Waals surface area contributed by atoms with Crippen LogP contribution < -0.4 is 10.6 Å². The molecular weight excluding hydrogens is 293 g/mol. The van der Waals surface area contributed by atoms with Crippen molar-refractivity contribution in [2.45, 2.75) is 12.7 Å². The summed E-state index contributed by atoms with van der Waals surface area (Å²) >= 11 is 0. The van der Waals surface area contributed by atoms with Gasteiger partial charge in [0.15, 0.2) is 0 Å². The number of sulfone groups is 1. The summed E-state index contributed by atoms with van der Waals surface area (Å²) in [6.07, 6.45) is -3.47. The van der Waals surface area contributed by atoms with Crippen molar-refractivity contribution in [3.05, 3.63) is 29.3 Å². The maximum atomic E-state index is 13.0. The lowest BCUT2D eigenvalue weighted by atomic mass is 10.1. The summed E-state index contributed by atoms with van der Waals surface area (Å²) in [7, 11) is -1.80. The van der Waals surface area contributed by atoms with Crippen molar-refractivity contribution in [2.24, 2.45) is 5.73 Å². The molecule has 0 aromatic heterocycles. The fourth-order valence-electron chi connectivity index (χ4n) is 1.69. The van der Waals surface area contributed by atoms with Crippen molar-refractivity contribution in [1.29, 1.82) is 0 Å². The first-order chi connectivity index (χ1) is 9.04. The topological polar surface area (TPSA) is 63.4 Å². The number of hydrogen-bond donors (Lipinski definition) is 1. The Hall–Kier alpha value is -1.28. The van der Waals surface area contributed by atoms with E-state index in [4.69, 9.17) is 5.73 Å². The molecule has 0 fully saturated rings. The first-order valence-corrected chi connectivity index (χ1v) is 7.89. The number of benzene rings is 1. The third-order valence-electron chi connectivity index (χ3n) is 2.81. The van der Waals surface area contributed by atoms with Gasteiger partial charge in [-0.05, 0) is 17.7 Å². The lowest BCUT2D eigenvalue weighted by Gasteiger charge is -2.23. The van der Waals surface area contributed by atoms with Crippen molar-refractivity contribution >= 4 is 15.5 Å². The van der Waals surface area contributed by atoms with E-state index >= 15 is 0 Å². The van der Waals surface area contributed by atoms with Crippen LogP contribution in [0.1, 0.15) is 11.1 Å². The van der Waals surface area contributed by atoms with Gasteiger partial charge in [0.1, 0.15) is 9.84 Å². The number of nitrogens with two attached hydrogens (primary N) is 1. The van der Waals surface area contributed by atoms with Gasteiger partial charge >= 0.3 is 6.18 Å². The smallest absolute Gasteiger partial charge is 0.373 e. The van der Waals surface area contributed by atoms with Gasteiger partial charge < -0.3 is 10.6 Å². The molecule has 1 aromatic rings. The molecule has 0 aliphatic heterocycles.